The summed E-state index contributed by atoms with van der Waals surface area (Å²) in [6.07, 6.45) is 4.17. The number of pyridine rings is 1. The van der Waals surface area contributed by atoms with Gasteiger partial charge in [-0.2, -0.15) is 0 Å². The molecule has 3 heterocycles. The fourth-order valence-corrected chi connectivity index (χ4v) is 4.61. The number of carbonyl (C=O) groups is 2. The van der Waals surface area contributed by atoms with Crippen LogP contribution in [0.25, 0.3) is 0 Å². The van der Waals surface area contributed by atoms with E-state index in [0.717, 1.165) is 30.0 Å². The zero-order valence-electron chi connectivity index (χ0n) is 16.4. The van der Waals surface area contributed by atoms with Crippen LogP contribution in [0.15, 0.2) is 23.4 Å². The van der Waals surface area contributed by atoms with Gasteiger partial charge in [-0.05, 0) is 43.1 Å². The largest absolute Gasteiger partial charge is 0.447 e. The van der Waals surface area contributed by atoms with Gasteiger partial charge in [0.1, 0.15) is 11.6 Å². The van der Waals surface area contributed by atoms with Crippen LogP contribution in [0.3, 0.4) is 0 Å². The Labute approximate surface area is 165 Å². The molecule has 0 radical (unpaired) electrons. The topological polar surface area (TPSA) is 62.7 Å². The minimum Gasteiger partial charge on any atom is -0.447 e. The molecule has 2 fully saturated rings. The number of rotatable bonds is 6. The maximum Gasteiger partial charge on any atom is 0.410 e. The Morgan fingerprint density at radius 2 is 2.11 bits per heavy atom. The molecule has 2 amide bonds. The maximum absolute atomic E-state index is 13.0. The van der Waals surface area contributed by atoms with Crippen molar-refractivity contribution in [3.05, 3.63) is 23.9 Å². The predicted molar refractivity (Wildman–Crippen MR) is 106 cm³/mol. The third kappa shape index (κ3) is 4.39. The first-order valence-electron chi connectivity index (χ1n) is 9.85. The molecule has 1 aromatic rings. The van der Waals surface area contributed by atoms with Gasteiger partial charge in [0.25, 0.3) is 5.91 Å². The molecule has 0 aromatic carbocycles. The molecule has 2 aliphatic rings. The molecule has 1 unspecified atom stereocenters. The lowest BCUT2D eigenvalue weighted by molar-refractivity contribution is 0.0616. The molecule has 148 valence electrons. The molecule has 3 rings (SSSR count). The smallest absolute Gasteiger partial charge is 0.410 e. The third-order valence-corrected chi connectivity index (χ3v) is 6.52. The normalized spacial score (nSPS) is 21.0. The molecule has 1 aromatic heterocycles. The van der Waals surface area contributed by atoms with E-state index in [1.807, 2.05) is 21.9 Å². The Morgan fingerprint density at radius 1 is 1.37 bits per heavy atom. The molecule has 1 atom stereocenters. The van der Waals surface area contributed by atoms with Crippen molar-refractivity contribution in [1.29, 1.82) is 0 Å². The second kappa shape index (κ2) is 8.95. The predicted octanol–water partition coefficient (Wildman–Crippen LogP) is 3.67. The molecule has 2 aliphatic heterocycles. The fourth-order valence-electron chi connectivity index (χ4n) is 3.77. The second-order valence-corrected chi connectivity index (χ2v) is 8.61. The van der Waals surface area contributed by atoms with Crippen LogP contribution in [-0.2, 0) is 4.74 Å². The number of carbonyl (C=O) groups excluding carboxylic acids is 2. The summed E-state index contributed by atoms with van der Waals surface area (Å²) in [5.74, 6) is 1.36. The number of hydrogen-bond acceptors (Lipinski definition) is 5. The highest BCUT2D eigenvalue weighted by Gasteiger charge is 2.41. The zero-order valence-corrected chi connectivity index (χ0v) is 17.2. The molecule has 7 heteroatoms. The third-order valence-electron chi connectivity index (χ3n) is 5.30. The number of amides is 2. The van der Waals surface area contributed by atoms with Crippen LogP contribution in [0, 0.1) is 5.92 Å². The summed E-state index contributed by atoms with van der Waals surface area (Å²) in [5.41, 5.74) is 0.690. The van der Waals surface area contributed by atoms with Gasteiger partial charge in [-0.3, -0.25) is 9.69 Å². The van der Waals surface area contributed by atoms with Crippen LogP contribution in [-0.4, -0.2) is 64.3 Å². The summed E-state index contributed by atoms with van der Waals surface area (Å²) < 4.78 is 5.28. The van der Waals surface area contributed by atoms with Crippen molar-refractivity contribution >= 4 is 23.8 Å². The Kier molecular flexibility index (Phi) is 6.63. The minimum atomic E-state index is -0.205. The van der Waals surface area contributed by atoms with E-state index in [2.05, 4.69) is 25.8 Å². The number of ether oxygens (including phenoxy) is 1. The zero-order chi connectivity index (χ0) is 19.4. The summed E-state index contributed by atoms with van der Waals surface area (Å²) in [4.78, 5) is 33.4. The van der Waals surface area contributed by atoms with E-state index in [-0.39, 0.29) is 24.1 Å². The fraction of sp³-hybridized carbons (Fsp3) is 0.650. The maximum atomic E-state index is 13.0. The van der Waals surface area contributed by atoms with Gasteiger partial charge in [-0.25, -0.2) is 9.78 Å². The van der Waals surface area contributed by atoms with E-state index in [4.69, 9.17) is 4.74 Å². The van der Waals surface area contributed by atoms with Gasteiger partial charge in [-0.1, -0.05) is 20.8 Å². The molecule has 0 aliphatic carbocycles. The number of hydrogen-bond donors (Lipinski definition) is 0. The van der Waals surface area contributed by atoms with Crippen LogP contribution in [0.5, 0.6) is 0 Å². The summed E-state index contributed by atoms with van der Waals surface area (Å²) in [6.45, 7) is 8.15. The summed E-state index contributed by atoms with van der Waals surface area (Å²) >= 11 is 1.64. The van der Waals surface area contributed by atoms with Crippen molar-refractivity contribution in [3.8, 4) is 0 Å². The summed E-state index contributed by atoms with van der Waals surface area (Å²) in [7, 11) is 0. The van der Waals surface area contributed by atoms with E-state index in [9.17, 15) is 9.59 Å². The van der Waals surface area contributed by atoms with Crippen LogP contribution >= 0.6 is 11.8 Å². The van der Waals surface area contributed by atoms with Gasteiger partial charge in [0, 0.05) is 25.3 Å². The van der Waals surface area contributed by atoms with Crippen molar-refractivity contribution in [1.82, 2.24) is 14.8 Å². The van der Waals surface area contributed by atoms with Crippen molar-refractivity contribution in [2.75, 3.05) is 25.4 Å². The molecule has 0 bridgehead atoms. The number of nitrogens with zero attached hydrogens (tertiary/aromatic N) is 3. The SMILES string of the molecule is CCCSc1ncccc1C(=O)N1CCC(N2C(=O)OCC2C(C)C)CC1. The molecule has 0 spiro atoms. The number of likely N-dealkylation sites (tertiary alicyclic amines) is 1. The van der Waals surface area contributed by atoms with Crippen LogP contribution in [0.2, 0.25) is 0 Å². The van der Waals surface area contributed by atoms with Gasteiger partial charge in [0.05, 0.1) is 11.6 Å². The van der Waals surface area contributed by atoms with Crippen molar-refractivity contribution in [2.45, 2.75) is 57.1 Å². The van der Waals surface area contributed by atoms with Gasteiger partial charge in [0.2, 0.25) is 0 Å². The van der Waals surface area contributed by atoms with Crippen LogP contribution in [0.4, 0.5) is 4.79 Å². The lowest BCUT2D eigenvalue weighted by Gasteiger charge is -2.38. The Morgan fingerprint density at radius 3 is 2.78 bits per heavy atom. The number of piperidine rings is 1. The molecular weight excluding hydrogens is 362 g/mol. The number of cyclic esters (lactones) is 1. The van der Waals surface area contributed by atoms with Crippen LogP contribution in [0.1, 0.15) is 50.4 Å². The second-order valence-electron chi connectivity index (χ2n) is 7.52. The Bertz CT molecular complexity index is 674. The van der Waals surface area contributed by atoms with E-state index >= 15 is 0 Å². The Balaban J connectivity index is 1.64. The highest BCUT2D eigenvalue weighted by Crippen LogP contribution is 2.29. The number of thioether (sulfide) groups is 1. The van der Waals surface area contributed by atoms with Gasteiger partial charge < -0.3 is 9.64 Å². The lowest BCUT2D eigenvalue weighted by atomic mass is 9.97. The highest BCUT2D eigenvalue weighted by molar-refractivity contribution is 7.99. The lowest BCUT2D eigenvalue weighted by Crippen LogP contribution is -2.51. The average Bonchev–Trinajstić information content (AvgIpc) is 3.08. The van der Waals surface area contributed by atoms with Gasteiger partial charge in [-0.15, -0.1) is 11.8 Å². The average molecular weight is 392 g/mol. The molecule has 2 saturated heterocycles. The quantitative estimate of drug-likeness (QED) is 0.693. The molecule has 6 nitrogen and oxygen atoms in total. The van der Waals surface area contributed by atoms with Crippen molar-refractivity contribution in [2.24, 2.45) is 5.92 Å². The minimum absolute atomic E-state index is 0.0459. The Hall–Kier alpha value is -1.76. The van der Waals surface area contributed by atoms with Crippen LogP contribution < -0.4 is 0 Å². The molecule has 0 saturated carbocycles. The monoisotopic (exact) mass is 391 g/mol. The van der Waals surface area contributed by atoms with E-state index in [1.165, 1.54) is 0 Å². The van der Waals surface area contributed by atoms with Gasteiger partial charge >= 0.3 is 6.09 Å². The van der Waals surface area contributed by atoms with Crippen molar-refractivity contribution in [3.63, 3.8) is 0 Å². The standard InChI is InChI=1S/C20H29N3O3S/c1-4-12-27-18-16(6-5-9-21-18)19(24)22-10-7-15(8-11-22)23-17(14(2)3)13-26-20(23)25/h5-6,9,14-15,17H,4,7-8,10-13H2,1-3H3. The first-order chi connectivity index (χ1) is 13.0. The number of aromatic nitrogens is 1. The van der Waals surface area contributed by atoms with Gasteiger partial charge in [0.15, 0.2) is 0 Å². The highest BCUT2D eigenvalue weighted by atomic mass is 32.2. The van der Waals surface area contributed by atoms with Crippen molar-refractivity contribution < 1.29 is 14.3 Å². The molecular formula is C20H29N3O3S. The van der Waals surface area contributed by atoms with E-state index in [1.54, 1.807) is 18.0 Å². The summed E-state index contributed by atoms with van der Waals surface area (Å²) in [6, 6.07) is 3.98. The molecule has 0 N–H and O–H groups in total. The van der Waals surface area contributed by atoms with E-state index in [0.29, 0.717) is 31.2 Å². The summed E-state index contributed by atoms with van der Waals surface area (Å²) in [5, 5.41) is 0.814. The first kappa shape index (κ1) is 20.0. The van der Waals surface area contributed by atoms with E-state index < -0.39 is 0 Å². The first-order valence-corrected chi connectivity index (χ1v) is 10.8. The molecule has 27 heavy (non-hydrogen) atoms.